The number of hydrogen-bond acceptors (Lipinski definition) is 4. The van der Waals surface area contributed by atoms with Crippen molar-refractivity contribution in [3.63, 3.8) is 0 Å². The number of anilines is 1. The molecule has 3 rings (SSSR count). The maximum Gasteiger partial charge on any atom is 0.339 e. The van der Waals surface area contributed by atoms with Crippen molar-refractivity contribution in [2.75, 3.05) is 11.4 Å². The topological polar surface area (TPSA) is 99.8 Å². The normalized spacial score (nSPS) is 16.6. The van der Waals surface area contributed by atoms with E-state index in [2.05, 4.69) is 12.2 Å². The molecule has 7 nitrogen and oxygen atoms in total. The van der Waals surface area contributed by atoms with E-state index in [1.165, 1.54) is 11.6 Å². The van der Waals surface area contributed by atoms with Crippen molar-refractivity contribution in [3.05, 3.63) is 53.0 Å². The molecule has 27 heavy (non-hydrogen) atoms. The lowest BCUT2D eigenvalue weighted by Crippen LogP contribution is -2.32. The lowest BCUT2D eigenvalue weighted by Gasteiger charge is -2.17. The van der Waals surface area contributed by atoms with E-state index in [1.54, 1.807) is 11.8 Å². The number of nitrogens with zero attached hydrogens (tertiary/aromatic N) is 1. The summed E-state index contributed by atoms with van der Waals surface area (Å²) < 4.78 is 5.35. The van der Waals surface area contributed by atoms with Gasteiger partial charge in [0.05, 0.1) is 12.5 Å². The van der Waals surface area contributed by atoms with E-state index in [4.69, 9.17) is 9.52 Å². The number of furan rings is 1. The molecule has 0 radical (unpaired) electrons. The average Bonchev–Trinajstić information content (AvgIpc) is 3.22. The van der Waals surface area contributed by atoms with Crippen LogP contribution in [0.2, 0.25) is 0 Å². The highest BCUT2D eigenvalue weighted by Gasteiger charge is 2.35. The summed E-state index contributed by atoms with van der Waals surface area (Å²) in [6.45, 7) is 4.04. The summed E-state index contributed by atoms with van der Waals surface area (Å²) in [5, 5.41) is 11.8. The number of hydrogen-bond donors (Lipinski definition) is 2. The molecule has 0 aliphatic carbocycles. The minimum Gasteiger partial charge on any atom is -0.478 e. The number of amides is 2. The molecule has 1 aromatic carbocycles. The SMILES string of the molecule is CCc1ccc(N2CC(C(=O)NCc3cc(C(=O)O)c(C)o3)CC2=O)cc1. The Morgan fingerprint density at radius 1 is 1.30 bits per heavy atom. The molecule has 2 N–H and O–H groups in total. The summed E-state index contributed by atoms with van der Waals surface area (Å²) in [7, 11) is 0. The Kier molecular flexibility index (Phi) is 5.30. The van der Waals surface area contributed by atoms with E-state index >= 15 is 0 Å². The van der Waals surface area contributed by atoms with Gasteiger partial charge in [0.15, 0.2) is 0 Å². The zero-order valence-corrected chi connectivity index (χ0v) is 15.3. The van der Waals surface area contributed by atoms with Crippen LogP contribution in [0.1, 0.15) is 40.8 Å². The van der Waals surface area contributed by atoms with Crippen molar-refractivity contribution < 1.29 is 23.9 Å². The first-order valence-corrected chi connectivity index (χ1v) is 8.88. The standard InChI is InChI=1S/C20H22N2O5/c1-3-13-4-6-15(7-5-13)22-11-14(8-18(22)23)19(24)21-10-16-9-17(20(25)26)12(2)27-16/h4-7,9,14H,3,8,10-11H2,1-2H3,(H,21,24)(H,25,26). The number of carbonyl (C=O) groups excluding carboxylic acids is 2. The highest BCUT2D eigenvalue weighted by molar-refractivity contribution is 6.00. The van der Waals surface area contributed by atoms with Gasteiger partial charge >= 0.3 is 5.97 Å². The van der Waals surface area contributed by atoms with Gasteiger partial charge in [-0.25, -0.2) is 4.79 Å². The quantitative estimate of drug-likeness (QED) is 0.814. The highest BCUT2D eigenvalue weighted by Crippen LogP contribution is 2.26. The zero-order chi connectivity index (χ0) is 19.6. The van der Waals surface area contributed by atoms with Gasteiger partial charge in [0, 0.05) is 18.7 Å². The Hall–Kier alpha value is -3.09. The lowest BCUT2D eigenvalue weighted by atomic mass is 10.1. The van der Waals surface area contributed by atoms with E-state index in [0.717, 1.165) is 12.1 Å². The fourth-order valence-electron chi connectivity index (χ4n) is 3.21. The van der Waals surface area contributed by atoms with Gasteiger partial charge in [-0.15, -0.1) is 0 Å². The number of benzene rings is 1. The van der Waals surface area contributed by atoms with Crippen molar-refractivity contribution >= 4 is 23.5 Å². The van der Waals surface area contributed by atoms with E-state index in [1.807, 2.05) is 24.3 Å². The van der Waals surface area contributed by atoms with Crippen LogP contribution in [-0.2, 0) is 22.6 Å². The largest absolute Gasteiger partial charge is 0.478 e. The molecule has 2 heterocycles. The molecule has 1 aromatic heterocycles. The molecule has 1 saturated heterocycles. The van der Waals surface area contributed by atoms with E-state index in [0.29, 0.717) is 18.1 Å². The molecule has 7 heteroatoms. The third-order valence-electron chi connectivity index (χ3n) is 4.79. The third-order valence-corrected chi connectivity index (χ3v) is 4.79. The van der Waals surface area contributed by atoms with Crippen molar-refractivity contribution in [1.29, 1.82) is 0 Å². The number of aromatic carboxylic acids is 1. The number of rotatable bonds is 6. The predicted molar refractivity (Wildman–Crippen MR) is 98.5 cm³/mol. The predicted octanol–water partition coefficient (Wildman–Crippen LogP) is 2.52. The Labute approximate surface area is 157 Å². The molecular weight excluding hydrogens is 348 g/mol. The van der Waals surface area contributed by atoms with Crippen LogP contribution in [-0.4, -0.2) is 29.4 Å². The second kappa shape index (κ2) is 7.65. The summed E-state index contributed by atoms with van der Waals surface area (Å²) in [6.07, 6.45) is 1.08. The lowest BCUT2D eigenvalue weighted by molar-refractivity contribution is -0.126. The van der Waals surface area contributed by atoms with Crippen molar-refractivity contribution in [2.24, 2.45) is 5.92 Å². The van der Waals surface area contributed by atoms with Crippen molar-refractivity contribution in [3.8, 4) is 0 Å². The van der Waals surface area contributed by atoms with E-state index < -0.39 is 11.9 Å². The first kappa shape index (κ1) is 18.7. The summed E-state index contributed by atoms with van der Waals surface area (Å²) in [5.74, 6) is -1.18. The Morgan fingerprint density at radius 3 is 2.59 bits per heavy atom. The van der Waals surface area contributed by atoms with E-state index in [-0.39, 0.29) is 30.3 Å². The number of carboxylic acid groups (broad SMARTS) is 1. The van der Waals surface area contributed by atoms with Gasteiger partial charge in [-0.2, -0.15) is 0 Å². The Bertz CT molecular complexity index is 869. The highest BCUT2D eigenvalue weighted by atomic mass is 16.4. The monoisotopic (exact) mass is 370 g/mol. The smallest absolute Gasteiger partial charge is 0.339 e. The minimum absolute atomic E-state index is 0.0806. The molecule has 1 atom stereocenters. The number of carbonyl (C=O) groups is 3. The fourth-order valence-corrected chi connectivity index (χ4v) is 3.21. The molecular formula is C20H22N2O5. The minimum atomic E-state index is -1.07. The van der Waals surface area contributed by atoms with Crippen molar-refractivity contribution in [1.82, 2.24) is 5.32 Å². The molecule has 2 amide bonds. The second-order valence-corrected chi connectivity index (χ2v) is 6.63. The first-order valence-electron chi connectivity index (χ1n) is 8.88. The summed E-state index contributed by atoms with van der Waals surface area (Å²) >= 11 is 0. The van der Waals surface area contributed by atoms with E-state index in [9.17, 15) is 14.4 Å². The van der Waals surface area contributed by atoms with Crippen LogP contribution in [0.15, 0.2) is 34.7 Å². The van der Waals surface area contributed by atoms with Gasteiger partial charge in [-0.05, 0) is 37.1 Å². The molecule has 2 aromatic rings. The fraction of sp³-hybridized carbons (Fsp3) is 0.350. The van der Waals surface area contributed by atoms with Gasteiger partial charge in [-0.1, -0.05) is 19.1 Å². The van der Waals surface area contributed by atoms with Crippen LogP contribution in [0.25, 0.3) is 0 Å². The number of aryl methyl sites for hydroxylation is 2. The second-order valence-electron chi connectivity index (χ2n) is 6.63. The van der Waals surface area contributed by atoms with Gasteiger partial charge < -0.3 is 19.7 Å². The molecule has 1 fully saturated rings. The summed E-state index contributed by atoms with van der Waals surface area (Å²) in [6, 6.07) is 9.16. The van der Waals surface area contributed by atoms with Crippen LogP contribution >= 0.6 is 0 Å². The van der Waals surface area contributed by atoms with Crippen LogP contribution in [0.5, 0.6) is 0 Å². The van der Waals surface area contributed by atoms with Gasteiger partial charge in [0.25, 0.3) is 0 Å². The molecule has 1 aliphatic rings. The molecule has 1 unspecified atom stereocenters. The van der Waals surface area contributed by atoms with Crippen LogP contribution < -0.4 is 10.2 Å². The summed E-state index contributed by atoms with van der Waals surface area (Å²) in [5.41, 5.74) is 2.06. The Balaban J connectivity index is 1.60. The first-order chi connectivity index (χ1) is 12.9. The molecule has 0 saturated carbocycles. The van der Waals surface area contributed by atoms with Crippen LogP contribution in [0.4, 0.5) is 5.69 Å². The maximum absolute atomic E-state index is 12.4. The van der Waals surface area contributed by atoms with Crippen LogP contribution in [0.3, 0.4) is 0 Å². The Morgan fingerprint density at radius 2 is 2.00 bits per heavy atom. The van der Waals surface area contributed by atoms with Gasteiger partial charge in [0.1, 0.15) is 17.1 Å². The molecule has 1 aliphatic heterocycles. The number of nitrogens with one attached hydrogen (secondary N) is 1. The molecule has 142 valence electrons. The van der Waals surface area contributed by atoms with Crippen LogP contribution in [0, 0.1) is 12.8 Å². The molecule has 0 spiro atoms. The van der Waals surface area contributed by atoms with Gasteiger partial charge in [-0.3, -0.25) is 9.59 Å². The summed E-state index contributed by atoms with van der Waals surface area (Å²) in [4.78, 5) is 37.4. The average molecular weight is 370 g/mol. The maximum atomic E-state index is 12.4. The van der Waals surface area contributed by atoms with Gasteiger partial charge in [0.2, 0.25) is 11.8 Å². The number of carboxylic acids is 1. The van der Waals surface area contributed by atoms with Crippen molar-refractivity contribution in [2.45, 2.75) is 33.2 Å². The third kappa shape index (κ3) is 4.02. The zero-order valence-electron chi connectivity index (χ0n) is 15.3. The molecule has 0 bridgehead atoms.